The van der Waals surface area contributed by atoms with E-state index in [1.807, 2.05) is 13.8 Å². The van der Waals surface area contributed by atoms with Gasteiger partial charge in [-0.2, -0.15) is 0 Å². The molecular weight excluding hydrogens is 443 g/mol. The maximum Gasteiger partial charge on any atom is 0.331 e. The summed E-state index contributed by atoms with van der Waals surface area (Å²) >= 11 is 0. The van der Waals surface area contributed by atoms with E-state index in [4.69, 9.17) is 18.7 Å². The molecule has 1 atom stereocenters. The molecule has 1 heterocycles. The van der Waals surface area contributed by atoms with Crippen molar-refractivity contribution in [1.82, 2.24) is 5.16 Å². The number of benzene rings is 2. The largest absolute Gasteiger partial charge is 0.493 e. The summed E-state index contributed by atoms with van der Waals surface area (Å²) in [6.45, 7) is 5.35. The van der Waals surface area contributed by atoms with Gasteiger partial charge in [-0.05, 0) is 62.7 Å². The smallest absolute Gasteiger partial charge is 0.331 e. The van der Waals surface area contributed by atoms with Crippen LogP contribution in [0.25, 0.3) is 6.08 Å². The van der Waals surface area contributed by atoms with E-state index in [0.29, 0.717) is 22.8 Å². The molecule has 34 heavy (non-hydrogen) atoms. The Labute approximate surface area is 196 Å². The van der Waals surface area contributed by atoms with Gasteiger partial charge in [0, 0.05) is 11.8 Å². The van der Waals surface area contributed by atoms with Crippen molar-refractivity contribution in [3.05, 3.63) is 76.9 Å². The highest BCUT2D eigenvalue weighted by atomic mass is 19.1. The van der Waals surface area contributed by atoms with Crippen LogP contribution in [-0.2, 0) is 20.9 Å². The van der Waals surface area contributed by atoms with Gasteiger partial charge in [-0.1, -0.05) is 17.3 Å². The van der Waals surface area contributed by atoms with Crippen LogP contribution in [0, 0.1) is 19.7 Å². The highest BCUT2D eigenvalue weighted by Gasteiger charge is 2.17. The van der Waals surface area contributed by atoms with Crippen LogP contribution >= 0.6 is 0 Å². The van der Waals surface area contributed by atoms with Crippen molar-refractivity contribution in [2.45, 2.75) is 33.5 Å². The van der Waals surface area contributed by atoms with E-state index in [2.05, 4.69) is 10.5 Å². The van der Waals surface area contributed by atoms with Crippen LogP contribution in [-0.4, -0.2) is 30.2 Å². The minimum Gasteiger partial charge on any atom is -0.493 e. The van der Waals surface area contributed by atoms with Crippen molar-refractivity contribution in [2.75, 3.05) is 12.4 Å². The Hall–Kier alpha value is -4.14. The van der Waals surface area contributed by atoms with Gasteiger partial charge in [-0.3, -0.25) is 4.79 Å². The fourth-order valence-corrected chi connectivity index (χ4v) is 3.01. The maximum atomic E-state index is 13.2. The second kappa shape index (κ2) is 11.1. The summed E-state index contributed by atoms with van der Waals surface area (Å²) in [5, 5.41) is 6.39. The Morgan fingerprint density at radius 3 is 2.65 bits per heavy atom. The summed E-state index contributed by atoms with van der Waals surface area (Å²) in [6, 6.07) is 10.6. The monoisotopic (exact) mass is 468 g/mol. The summed E-state index contributed by atoms with van der Waals surface area (Å²) in [7, 11) is 1.51. The van der Waals surface area contributed by atoms with Gasteiger partial charge in [-0.25, -0.2) is 9.18 Å². The van der Waals surface area contributed by atoms with Gasteiger partial charge in [-0.15, -0.1) is 0 Å². The molecule has 2 aromatic carbocycles. The number of ether oxygens (including phenoxy) is 3. The average molecular weight is 468 g/mol. The Morgan fingerprint density at radius 2 is 1.97 bits per heavy atom. The number of nitrogens with zero attached hydrogens (tertiary/aromatic N) is 1. The second-order valence-electron chi connectivity index (χ2n) is 7.41. The molecule has 3 rings (SSSR count). The fraction of sp³-hybridized carbons (Fsp3) is 0.240. The lowest BCUT2D eigenvalue weighted by Gasteiger charge is -2.12. The number of esters is 1. The predicted molar refractivity (Wildman–Crippen MR) is 123 cm³/mol. The van der Waals surface area contributed by atoms with Gasteiger partial charge in [0.15, 0.2) is 17.6 Å². The molecule has 1 N–H and O–H groups in total. The van der Waals surface area contributed by atoms with E-state index in [-0.39, 0.29) is 12.3 Å². The number of hydrogen-bond donors (Lipinski definition) is 1. The van der Waals surface area contributed by atoms with Gasteiger partial charge < -0.3 is 24.1 Å². The van der Waals surface area contributed by atoms with Crippen LogP contribution < -0.4 is 14.8 Å². The van der Waals surface area contributed by atoms with E-state index >= 15 is 0 Å². The molecule has 0 aliphatic carbocycles. The molecule has 178 valence electrons. The molecule has 1 aromatic heterocycles. The van der Waals surface area contributed by atoms with Gasteiger partial charge in [0.2, 0.25) is 0 Å². The summed E-state index contributed by atoms with van der Waals surface area (Å²) in [4.78, 5) is 24.3. The summed E-state index contributed by atoms with van der Waals surface area (Å²) < 4.78 is 34.7. The molecule has 0 radical (unpaired) electrons. The standard InChI is InChI=1S/C25H25FN2O6/c1-15-21(16(2)34-28-15)14-32-22-10-8-18(12-23(22)31-4)9-11-24(29)33-17(3)25(30)27-20-7-5-6-19(26)13-20/h5-13,17H,14H2,1-4H3,(H,27,30)/b11-9+. The summed E-state index contributed by atoms with van der Waals surface area (Å²) in [5.74, 6) is -0.0855. The zero-order valence-electron chi connectivity index (χ0n) is 19.3. The van der Waals surface area contributed by atoms with Crippen molar-refractivity contribution in [3.8, 4) is 11.5 Å². The molecule has 0 aliphatic heterocycles. The molecule has 3 aromatic rings. The maximum absolute atomic E-state index is 13.2. The van der Waals surface area contributed by atoms with E-state index in [0.717, 1.165) is 11.3 Å². The molecule has 0 saturated carbocycles. The molecule has 0 bridgehead atoms. The third kappa shape index (κ3) is 6.44. The van der Waals surface area contributed by atoms with Crippen molar-refractivity contribution < 1.29 is 32.7 Å². The Balaban J connectivity index is 1.57. The Bertz CT molecular complexity index is 1180. The quantitative estimate of drug-likeness (QED) is 0.362. The normalized spacial score (nSPS) is 11.8. The number of methoxy groups -OCH3 is 1. The fourth-order valence-electron chi connectivity index (χ4n) is 3.01. The highest BCUT2D eigenvalue weighted by molar-refractivity contribution is 5.96. The van der Waals surface area contributed by atoms with Gasteiger partial charge in [0.1, 0.15) is 18.2 Å². The zero-order chi connectivity index (χ0) is 24.7. The first-order valence-electron chi connectivity index (χ1n) is 10.4. The summed E-state index contributed by atoms with van der Waals surface area (Å²) in [5.41, 5.74) is 2.56. The molecule has 9 heteroatoms. The Morgan fingerprint density at radius 1 is 1.18 bits per heavy atom. The molecule has 0 aliphatic rings. The lowest BCUT2D eigenvalue weighted by atomic mass is 10.2. The van der Waals surface area contributed by atoms with E-state index < -0.39 is 23.8 Å². The topological polar surface area (TPSA) is 99.9 Å². The average Bonchev–Trinajstić information content (AvgIpc) is 3.13. The number of anilines is 1. The first-order chi connectivity index (χ1) is 16.3. The first kappa shape index (κ1) is 24.5. The molecule has 1 unspecified atom stereocenters. The minimum atomic E-state index is -1.07. The number of halogens is 1. The number of aryl methyl sites for hydroxylation is 2. The minimum absolute atomic E-state index is 0.271. The highest BCUT2D eigenvalue weighted by Crippen LogP contribution is 2.30. The molecule has 0 saturated heterocycles. The number of carbonyl (C=O) groups excluding carboxylic acids is 2. The molecular formula is C25H25FN2O6. The molecule has 8 nitrogen and oxygen atoms in total. The van der Waals surface area contributed by atoms with Crippen LogP contribution in [0.5, 0.6) is 11.5 Å². The summed E-state index contributed by atoms with van der Waals surface area (Å²) in [6.07, 6.45) is 1.65. The van der Waals surface area contributed by atoms with Crippen LogP contribution in [0.2, 0.25) is 0 Å². The number of carbonyl (C=O) groups is 2. The SMILES string of the molecule is COc1cc(/C=C/C(=O)OC(C)C(=O)Nc2cccc(F)c2)ccc1OCc1c(C)noc1C. The number of rotatable bonds is 9. The van der Waals surface area contributed by atoms with Gasteiger partial charge >= 0.3 is 5.97 Å². The molecule has 1 amide bonds. The number of nitrogens with one attached hydrogen (secondary N) is 1. The second-order valence-corrected chi connectivity index (χ2v) is 7.41. The van der Waals surface area contributed by atoms with E-state index in [1.54, 1.807) is 18.2 Å². The Kier molecular flexibility index (Phi) is 8.02. The molecule has 0 fully saturated rings. The molecule has 0 spiro atoms. The van der Waals surface area contributed by atoms with E-state index in [1.165, 1.54) is 50.5 Å². The number of aromatic nitrogens is 1. The van der Waals surface area contributed by atoms with Crippen molar-refractivity contribution in [3.63, 3.8) is 0 Å². The zero-order valence-corrected chi connectivity index (χ0v) is 19.3. The van der Waals surface area contributed by atoms with Gasteiger partial charge in [0.05, 0.1) is 18.4 Å². The third-order valence-electron chi connectivity index (χ3n) is 4.91. The third-order valence-corrected chi connectivity index (χ3v) is 4.91. The number of amides is 1. The van der Waals surface area contributed by atoms with Crippen LogP contribution in [0.15, 0.2) is 53.1 Å². The van der Waals surface area contributed by atoms with Gasteiger partial charge in [0.25, 0.3) is 5.91 Å². The number of hydrogen-bond acceptors (Lipinski definition) is 7. The lowest BCUT2D eigenvalue weighted by Crippen LogP contribution is -2.29. The predicted octanol–water partition coefficient (Wildman–Crippen LogP) is 4.60. The van der Waals surface area contributed by atoms with Crippen LogP contribution in [0.3, 0.4) is 0 Å². The van der Waals surface area contributed by atoms with Crippen molar-refractivity contribution in [1.29, 1.82) is 0 Å². The first-order valence-corrected chi connectivity index (χ1v) is 10.4. The van der Waals surface area contributed by atoms with Crippen molar-refractivity contribution >= 4 is 23.6 Å². The van der Waals surface area contributed by atoms with E-state index in [9.17, 15) is 14.0 Å². The van der Waals surface area contributed by atoms with Crippen molar-refractivity contribution in [2.24, 2.45) is 0 Å². The van der Waals surface area contributed by atoms with Crippen LogP contribution in [0.4, 0.5) is 10.1 Å². The van der Waals surface area contributed by atoms with Crippen LogP contribution in [0.1, 0.15) is 29.5 Å². The lowest BCUT2D eigenvalue weighted by molar-refractivity contribution is -0.148.